The highest BCUT2D eigenvalue weighted by molar-refractivity contribution is 7.98. The standard InChI is InChI=1S/C17H18N2O3S/c1-21-15-7-3-13(4-8-15)11-18-22-12-17(20)19-14-5-9-16(23-2)10-6-14/h3-11H,12H2,1-2H3,(H,19,20)/b18-11-. The van der Waals surface area contributed by atoms with Crippen molar-refractivity contribution in [1.82, 2.24) is 0 Å². The van der Waals surface area contributed by atoms with E-state index in [4.69, 9.17) is 9.57 Å². The number of ether oxygens (including phenoxy) is 1. The molecule has 0 aliphatic heterocycles. The number of amides is 1. The molecule has 0 aliphatic carbocycles. The maximum absolute atomic E-state index is 11.7. The number of oxime groups is 1. The number of hydrogen-bond donors (Lipinski definition) is 1. The quantitative estimate of drug-likeness (QED) is 0.480. The van der Waals surface area contributed by atoms with Crippen LogP contribution in [0.3, 0.4) is 0 Å². The van der Waals surface area contributed by atoms with Gasteiger partial charge in [0.2, 0.25) is 0 Å². The van der Waals surface area contributed by atoms with E-state index in [2.05, 4.69) is 10.5 Å². The Labute approximate surface area is 139 Å². The molecule has 0 fully saturated rings. The van der Waals surface area contributed by atoms with Crippen LogP contribution in [0.5, 0.6) is 5.75 Å². The lowest BCUT2D eigenvalue weighted by atomic mass is 10.2. The number of carbonyl (C=O) groups excluding carboxylic acids is 1. The number of anilines is 1. The van der Waals surface area contributed by atoms with Crippen molar-refractivity contribution < 1.29 is 14.4 Å². The van der Waals surface area contributed by atoms with Crippen LogP contribution in [0.15, 0.2) is 58.6 Å². The predicted molar refractivity (Wildman–Crippen MR) is 93.4 cm³/mol. The van der Waals surface area contributed by atoms with Gasteiger partial charge >= 0.3 is 0 Å². The SMILES string of the molecule is COc1ccc(/C=N\OCC(=O)Nc2ccc(SC)cc2)cc1. The first-order chi connectivity index (χ1) is 11.2. The van der Waals surface area contributed by atoms with Crippen molar-refractivity contribution in [3.63, 3.8) is 0 Å². The van der Waals surface area contributed by atoms with Gasteiger partial charge in [0.25, 0.3) is 5.91 Å². The monoisotopic (exact) mass is 330 g/mol. The fraction of sp³-hybridized carbons (Fsp3) is 0.176. The topological polar surface area (TPSA) is 59.9 Å². The second kappa shape index (κ2) is 8.85. The normalized spacial score (nSPS) is 10.5. The molecule has 0 spiro atoms. The summed E-state index contributed by atoms with van der Waals surface area (Å²) in [6.07, 6.45) is 3.54. The van der Waals surface area contributed by atoms with Crippen LogP contribution in [-0.2, 0) is 9.63 Å². The van der Waals surface area contributed by atoms with Crippen molar-refractivity contribution in [3.05, 3.63) is 54.1 Å². The van der Waals surface area contributed by atoms with Gasteiger partial charge in [-0.1, -0.05) is 5.16 Å². The fourth-order valence-corrected chi connectivity index (χ4v) is 2.16. The maximum atomic E-state index is 11.7. The van der Waals surface area contributed by atoms with E-state index in [1.165, 1.54) is 0 Å². The van der Waals surface area contributed by atoms with E-state index in [9.17, 15) is 4.79 Å². The molecular weight excluding hydrogens is 312 g/mol. The molecule has 23 heavy (non-hydrogen) atoms. The summed E-state index contributed by atoms with van der Waals surface area (Å²) in [4.78, 5) is 17.9. The number of rotatable bonds is 7. The van der Waals surface area contributed by atoms with Crippen molar-refractivity contribution in [2.24, 2.45) is 5.16 Å². The van der Waals surface area contributed by atoms with Crippen LogP contribution >= 0.6 is 11.8 Å². The minimum Gasteiger partial charge on any atom is -0.497 e. The first-order valence-electron chi connectivity index (χ1n) is 6.94. The zero-order valence-corrected chi connectivity index (χ0v) is 13.8. The molecule has 0 aliphatic rings. The third kappa shape index (κ3) is 5.67. The second-order valence-electron chi connectivity index (χ2n) is 4.56. The van der Waals surface area contributed by atoms with Crippen LogP contribution < -0.4 is 10.1 Å². The average Bonchev–Trinajstić information content (AvgIpc) is 2.60. The number of nitrogens with zero attached hydrogens (tertiary/aromatic N) is 1. The van der Waals surface area contributed by atoms with Gasteiger partial charge in [-0.05, 0) is 60.4 Å². The number of nitrogens with one attached hydrogen (secondary N) is 1. The van der Waals surface area contributed by atoms with Gasteiger partial charge in [-0.2, -0.15) is 0 Å². The van der Waals surface area contributed by atoms with E-state index in [0.717, 1.165) is 21.9 Å². The van der Waals surface area contributed by atoms with Gasteiger partial charge in [0.1, 0.15) is 5.75 Å². The first-order valence-corrected chi connectivity index (χ1v) is 8.17. The Kier molecular flexibility index (Phi) is 6.50. The van der Waals surface area contributed by atoms with Crippen LogP contribution in [0.1, 0.15) is 5.56 Å². The molecule has 0 radical (unpaired) electrons. The summed E-state index contributed by atoms with van der Waals surface area (Å²) in [6, 6.07) is 14.9. The molecule has 0 atom stereocenters. The molecule has 0 aromatic heterocycles. The Morgan fingerprint density at radius 3 is 2.48 bits per heavy atom. The van der Waals surface area contributed by atoms with Gasteiger partial charge in [0.05, 0.1) is 13.3 Å². The van der Waals surface area contributed by atoms with Crippen molar-refractivity contribution in [1.29, 1.82) is 0 Å². The van der Waals surface area contributed by atoms with Gasteiger partial charge in [-0.15, -0.1) is 11.8 Å². The summed E-state index contributed by atoms with van der Waals surface area (Å²) in [5.74, 6) is 0.517. The van der Waals surface area contributed by atoms with Crippen LogP contribution in [0.4, 0.5) is 5.69 Å². The van der Waals surface area contributed by atoms with Crippen LogP contribution in [0, 0.1) is 0 Å². The number of benzene rings is 2. The third-order valence-corrected chi connectivity index (χ3v) is 3.71. The molecule has 0 bridgehead atoms. The molecule has 2 aromatic carbocycles. The Hall–Kier alpha value is -2.47. The molecule has 0 unspecified atom stereocenters. The summed E-state index contributed by atoms with van der Waals surface area (Å²) in [5.41, 5.74) is 1.59. The van der Waals surface area contributed by atoms with E-state index in [-0.39, 0.29) is 12.5 Å². The van der Waals surface area contributed by atoms with Crippen molar-refractivity contribution in [2.75, 3.05) is 25.3 Å². The van der Waals surface area contributed by atoms with Gasteiger partial charge in [0.15, 0.2) is 6.61 Å². The second-order valence-corrected chi connectivity index (χ2v) is 5.44. The summed E-state index contributed by atoms with van der Waals surface area (Å²) >= 11 is 1.65. The molecule has 120 valence electrons. The van der Waals surface area contributed by atoms with E-state index in [1.54, 1.807) is 25.1 Å². The summed E-state index contributed by atoms with van der Waals surface area (Å²) < 4.78 is 5.07. The lowest BCUT2D eigenvalue weighted by molar-refractivity contribution is -0.120. The smallest absolute Gasteiger partial charge is 0.265 e. The maximum Gasteiger partial charge on any atom is 0.265 e. The lowest BCUT2D eigenvalue weighted by Crippen LogP contribution is -2.16. The van der Waals surface area contributed by atoms with Crippen LogP contribution in [0.2, 0.25) is 0 Å². The zero-order chi connectivity index (χ0) is 16.5. The lowest BCUT2D eigenvalue weighted by Gasteiger charge is -2.05. The predicted octanol–water partition coefficient (Wildman–Crippen LogP) is 3.41. The summed E-state index contributed by atoms with van der Waals surface area (Å²) in [7, 11) is 1.61. The number of carbonyl (C=O) groups is 1. The van der Waals surface area contributed by atoms with Gasteiger partial charge < -0.3 is 14.9 Å². The van der Waals surface area contributed by atoms with E-state index in [1.807, 2.05) is 54.8 Å². The van der Waals surface area contributed by atoms with Gasteiger partial charge in [-0.25, -0.2) is 0 Å². The minimum atomic E-state index is -0.256. The molecule has 0 saturated carbocycles. The van der Waals surface area contributed by atoms with Crippen LogP contribution in [-0.4, -0.2) is 32.1 Å². The van der Waals surface area contributed by atoms with Gasteiger partial charge in [0, 0.05) is 10.6 Å². The van der Waals surface area contributed by atoms with Crippen molar-refractivity contribution in [3.8, 4) is 5.75 Å². The third-order valence-electron chi connectivity index (χ3n) is 2.96. The molecular formula is C17H18N2O3S. The van der Waals surface area contributed by atoms with E-state index < -0.39 is 0 Å². The van der Waals surface area contributed by atoms with Crippen molar-refractivity contribution in [2.45, 2.75) is 4.90 Å². The number of methoxy groups -OCH3 is 1. The molecule has 2 rings (SSSR count). The van der Waals surface area contributed by atoms with Gasteiger partial charge in [-0.3, -0.25) is 4.79 Å². The van der Waals surface area contributed by atoms with Crippen LogP contribution in [0.25, 0.3) is 0 Å². The molecule has 1 N–H and O–H groups in total. The Morgan fingerprint density at radius 2 is 1.87 bits per heavy atom. The summed E-state index contributed by atoms with van der Waals surface area (Å²) in [6.45, 7) is -0.142. The highest BCUT2D eigenvalue weighted by Crippen LogP contribution is 2.17. The highest BCUT2D eigenvalue weighted by Gasteiger charge is 2.02. The molecule has 0 heterocycles. The molecule has 5 nitrogen and oxygen atoms in total. The Bertz CT molecular complexity index is 655. The molecule has 6 heteroatoms. The minimum absolute atomic E-state index is 0.142. The Morgan fingerprint density at radius 1 is 1.17 bits per heavy atom. The largest absolute Gasteiger partial charge is 0.497 e. The molecule has 0 saturated heterocycles. The van der Waals surface area contributed by atoms with E-state index >= 15 is 0 Å². The van der Waals surface area contributed by atoms with E-state index in [0.29, 0.717) is 0 Å². The van der Waals surface area contributed by atoms with Crippen molar-refractivity contribution >= 4 is 29.6 Å². The number of hydrogen-bond acceptors (Lipinski definition) is 5. The fourth-order valence-electron chi connectivity index (χ4n) is 1.76. The highest BCUT2D eigenvalue weighted by atomic mass is 32.2. The number of thioether (sulfide) groups is 1. The first kappa shape index (κ1) is 16.9. The Balaban J connectivity index is 1.75. The molecule has 2 aromatic rings. The zero-order valence-electron chi connectivity index (χ0n) is 13.0. The molecule has 1 amide bonds. The average molecular weight is 330 g/mol. The summed E-state index contributed by atoms with van der Waals surface area (Å²) in [5, 5.41) is 6.52.